The molecule has 9 heteroatoms. The van der Waals surface area contributed by atoms with Gasteiger partial charge in [0.15, 0.2) is 0 Å². The van der Waals surface area contributed by atoms with Gasteiger partial charge in [-0.15, -0.1) is 0 Å². The molecule has 22 heavy (non-hydrogen) atoms. The summed E-state index contributed by atoms with van der Waals surface area (Å²) in [7, 11) is -4.05. The van der Waals surface area contributed by atoms with Crippen molar-refractivity contribution in [3.05, 3.63) is 41.4 Å². The fourth-order valence-electron chi connectivity index (χ4n) is 1.90. The van der Waals surface area contributed by atoms with E-state index < -0.39 is 21.8 Å². The average Bonchev–Trinajstić information content (AvgIpc) is 2.39. The van der Waals surface area contributed by atoms with Gasteiger partial charge >= 0.3 is 6.03 Å². The Hall–Kier alpha value is -2.29. The number of sulfonamides is 1. The molecule has 6 N–H and O–H groups in total. The van der Waals surface area contributed by atoms with Crippen molar-refractivity contribution >= 4 is 33.3 Å². The van der Waals surface area contributed by atoms with Crippen LogP contribution in [0.3, 0.4) is 0 Å². The number of primary sulfonamides is 1. The summed E-state index contributed by atoms with van der Waals surface area (Å²) < 4.78 is 22.8. The van der Waals surface area contributed by atoms with Crippen molar-refractivity contribution < 1.29 is 18.3 Å². The van der Waals surface area contributed by atoms with E-state index in [0.717, 1.165) is 0 Å². The number of rotatable bonds is 3. The molecular weight excluding hydrogens is 330 g/mol. The number of primary amides is 1. The molecule has 0 unspecified atom stereocenters. The highest BCUT2D eigenvalue weighted by molar-refractivity contribution is 7.89. The van der Waals surface area contributed by atoms with Crippen LogP contribution in [0.4, 0.5) is 10.5 Å². The molecule has 7 nitrogen and oxygen atoms in total. The molecule has 2 aromatic carbocycles. The van der Waals surface area contributed by atoms with Crippen molar-refractivity contribution in [2.24, 2.45) is 10.9 Å². The lowest BCUT2D eigenvalue weighted by atomic mass is 10.0. The van der Waals surface area contributed by atoms with Gasteiger partial charge in [-0.05, 0) is 23.8 Å². The number of carbonyl (C=O) groups is 1. The third-order valence-corrected chi connectivity index (χ3v) is 4.10. The van der Waals surface area contributed by atoms with E-state index in [1.54, 1.807) is 6.07 Å². The Bertz CT molecular complexity index is 852. The standard InChI is InChI=1S/C13H12ClN3O4S/c14-9-6-7(4-5-10(9)17-13(15)19)8-2-1-3-11(12(8)18)22(16,20)21/h1-6,18H,(H3,15,17,19)(H2,16,20,21). The topological polar surface area (TPSA) is 136 Å². The van der Waals surface area contributed by atoms with Crippen LogP contribution in [0.25, 0.3) is 11.1 Å². The van der Waals surface area contributed by atoms with E-state index in [-0.39, 0.29) is 15.5 Å². The van der Waals surface area contributed by atoms with E-state index >= 15 is 0 Å². The Morgan fingerprint density at radius 1 is 1.23 bits per heavy atom. The minimum Gasteiger partial charge on any atom is -0.506 e. The highest BCUT2D eigenvalue weighted by Gasteiger charge is 2.17. The lowest BCUT2D eigenvalue weighted by Crippen LogP contribution is -2.19. The molecule has 0 aromatic heterocycles. The van der Waals surface area contributed by atoms with Gasteiger partial charge in [0, 0.05) is 5.56 Å². The molecule has 0 saturated heterocycles. The molecule has 0 spiro atoms. The van der Waals surface area contributed by atoms with Gasteiger partial charge in [-0.25, -0.2) is 18.4 Å². The van der Waals surface area contributed by atoms with E-state index in [2.05, 4.69) is 5.32 Å². The van der Waals surface area contributed by atoms with Crippen molar-refractivity contribution in [2.45, 2.75) is 4.90 Å². The molecule has 0 aliphatic carbocycles. The number of benzene rings is 2. The Morgan fingerprint density at radius 2 is 1.91 bits per heavy atom. The van der Waals surface area contributed by atoms with Gasteiger partial charge in [-0.1, -0.05) is 29.8 Å². The van der Waals surface area contributed by atoms with Crippen LogP contribution in [-0.2, 0) is 10.0 Å². The molecule has 0 bridgehead atoms. The quantitative estimate of drug-likeness (QED) is 0.677. The summed E-state index contributed by atoms with van der Waals surface area (Å²) in [4.78, 5) is 10.4. The molecule has 0 atom stereocenters. The number of phenols is 1. The average molecular weight is 342 g/mol. The van der Waals surface area contributed by atoms with E-state index in [4.69, 9.17) is 22.5 Å². The number of amides is 2. The zero-order valence-corrected chi connectivity index (χ0v) is 12.6. The summed E-state index contributed by atoms with van der Waals surface area (Å²) in [6.07, 6.45) is 0. The zero-order chi connectivity index (χ0) is 16.5. The monoisotopic (exact) mass is 341 g/mol. The van der Waals surface area contributed by atoms with Crippen LogP contribution in [0.2, 0.25) is 5.02 Å². The normalized spacial score (nSPS) is 11.2. The van der Waals surface area contributed by atoms with Crippen molar-refractivity contribution in [3.63, 3.8) is 0 Å². The highest BCUT2D eigenvalue weighted by atomic mass is 35.5. The molecule has 0 aliphatic heterocycles. The molecule has 116 valence electrons. The van der Waals surface area contributed by atoms with Crippen LogP contribution >= 0.6 is 11.6 Å². The summed E-state index contributed by atoms with van der Waals surface area (Å²) in [6.45, 7) is 0. The summed E-state index contributed by atoms with van der Waals surface area (Å²) in [5.41, 5.74) is 5.98. The van der Waals surface area contributed by atoms with Gasteiger partial charge in [0.05, 0.1) is 10.7 Å². The lowest BCUT2D eigenvalue weighted by molar-refractivity contribution is 0.259. The highest BCUT2D eigenvalue weighted by Crippen LogP contribution is 2.36. The Kier molecular flexibility index (Phi) is 4.27. The molecule has 0 fully saturated rings. The number of aromatic hydroxyl groups is 1. The van der Waals surface area contributed by atoms with Gasteiger partial charge in [-0.3, -0.25) is 0 Å². The van der Waals surface area contributed by atoms with Crippen molar-refractivity contribution in [1.29, 1.82) is 0 Å². The maximum absolute atomic E-state index is 11.4. The number of hydrogen-bond acceptors (Lipinski definition) is 4. The number of halogens is 1. The molecule has 0 radical (unpaired) electrons. The number of nitrogens with two attached hydrogens (primary N) is 2. The predicted molar refractivity (Wildman–Crippen MR) is 83.1 cm³/mol. The van der Waals surface area contributed by atoms with Crippen molar-refractivity contribution in [3.8, 4) is 16.9 Å². The smallest absolute Gasteiger partial charge is 0.316 e. The van der Waals surface area contributed by atoms with Crippen LogP contribution in [0.15, 0.2) is 41.3 Å². The van der Waals surface area contributed by atoms with Gasteiger partial charge in [0.1, 0.15) is 10.6 Å². The maximum atomic E-state index is 11.4. The first kappa shape index (κ1) is 16.1. The lowest BCUT2D eigenvalue weighted by Gasteiger charge is -2.11. The number of carbonyl (C=O) groups excluding carboxylic acids is 1. The van der Waals surface area contributed by atoms with Gasteiger partial charge in [-0.2, -0.15) is 0 Å². The number of hydrogen-bond donors (Lipinski definition) is 4. The molecular formula is C13H12ClN3O4S. The number of urea groups is 1. The number of phenolic OH excluding ortho intramolecular Hbond substituents is 1. The van der Waals surface area contributed by atoms with Crippen LogP contribution in [0.5, 0.6) is 5.75 Å². The van der Waals surface area contributed by atoms with E-state index in [1.165, 1.54) is 30.3 Å². The fraction of sp³-hybridized carbons (Fsp3) is 0. The van der Waals surface area contributed by atoms with Crippen LogP contribution in [0, 0.1) is 0 Å². The Balaban J connectivity index is 2.54. The van der Waals surface area contributed by atoms with Crippen LogP contribution in [0.1, 0.15) is 0 Å². The summed E-state index contributed by atoms with van der Waals surface area (Å²) in [6, 6.07) is 7.85. The molecule has 2 rings (SSSR count). The number of nitrogens with one attached hydrogen (secondary N) is 1. The third-order valence-electron chi connectivity index (χ3n) is 2.84. The Labute approximate surface area is 131 Å². The maximum Gasteiger partial charge on any atom is 0.316 e. The second-order valence-electron chi connectivity index (χ2n) is 4.38. The number of para-hydroxylation sites is 1. The van der Waals surface area contributed by atoms with Crippen molar-refractivity contribution in [1.82, 2.24) is 0 Å². The second kappa shape index (κ2) is 5.84. The van der Waals surface area contributed by atoms with Gasteiger partial charge in [0.25, 0.3) is 0 Å². The Morgan fingerprint density at radius 3 is 2.45 bits per heavy atom. The minimum atomic E-state index is -4.05. The SMILES string of the molecule is NC(=O)Nc1ccc(-c2cccc(S(N)(=O)=O)c2O)cc1Cl. The summed E-state index contributed by atoms with van der Waals surface area (Å²) in [5, 5.41) is 17.6. The second-order valence-corrected chi connectivity index (χ2v) is 6.32. The third kappa shape index (κ3) is 3.30. The first-order valence-electron chi connectivity index (χ1n) is 5.91. The molecule has 2 amide bonds. The van der Waals surface area contributed by atoms with Crippen LogP contribution in [-0.4, -0.2) is 19.6 Å². The first-order chi connectivity index (χ1) is 10.2. The van der Waals surface area contributed by atoms with Crippen molar-refractivity contribution in [2.75, 3.05) is 5.32 Å². The van der Waals surface area contributed by atoms with E-state index in [9.17, 15) is 18.3 Å². The summed E-state index contributed by atoms with van der Waals surface area (Å²) in [5.74, 6) is -0.475. The van der Waals surface area contributed by atoms with Gasteiger partial charge in [0.2, 0.25) is 10.0 Å². The molecule has 2 aromatic rings. The van der Waals surface area contributed by atoms with Gasteiger partial charge < -0.3 is 16.2 Å². The molecule has 0 heterocycles. The molecule has 0 aliphatic rings. The van der Waals surface area contributed by atoms with Crippen LogP contribution < -0.4 is 16.2 Å². The predicted octanol–water partition coefficient (Wildman–Crippen LogP) is 1.85. The van der Waals surface area contributed by atoms with E-state index in [0.29, 0.717) is 11.3 Å². The molecule has 0 saturated carbocycles. The first-order valence-corrected chi connectivity index (χ1v) is 7.83. The van der Waals surface area contributed by atoms with E-state index in [1.807, 2.05) is 0 Å². The number of anilines is 1. The zero-order valence-electron chi connectivity index (χ0n) is 11.1. The fourth-order valence-corrected chi connectivity index (χ4v) is 2.78. The minimum absolute atomic E-state index is 0.178. The summed E-state index contributed by atoms with van der Waals surface area (Å²) >= 11 is 6.01. The largest absolute Gasteiger partial charge is 0.506 e.